The molecule has 0 radical (unpaired) electrons. The number of hydrogen-bond donors (Lipinski definition) is 9. The molecule has 9 N–H and O–H groups in total. The largest absolute Gasteiger partial charge is 0.481 e. The van der Waals surface area contributed by atoms with Crippen molar-refractivity contribution in [2.75, 3.05) is 66.0 Å². The molecule has 10 aliphatic carbocycles. The van der Waals surface area contributed by atoms with E-state index in [0.717, 1.165) is 70.6 Å². The lowest BCUT2D eigenvalue weighted by Gasteiger charge is -2.61. The first-order valence-electron chi connectivity index (χ1n) is 42.5. The van der Waals surface area contributed by atoms with Crippen LogP contribution in [0, 0.1) is 97.6 Å². The van der Waals surface area contributed by atoms with E-state index in [0.29, 0.717) is 113 Å². The number of nitrogens with one attached hydrogen (secondary N) is 1. The SMILES string of the molecule is CCC(C)(C)C(=O)OCC(O)COC(=O)C1CCCC(C(=O)O)C1.CCC(C)(C)C(=O)OCC(O)COC(=O)C1CCCCC1C(=O)OCC(O)CNC1CCC(C(=O)O)CC1.CCC(C)(C)C(=O)OCC(O)COC(=O)CC12CC3CC(CC(CC(=O)O)(C3)C1)C2.CCC(C)(C)C(=O)OCCOC(=O)C1=C(C(=O)O)C2C3CCC(C3)C12. The van der Waals surface area contributed by atoms with Gasteiger partial charge in [-0.25, -0.2) is 9.59 Å². The van der Waals surface area contributed by atoms with Gasteiger partial charge in [-0.05, 0) is 231 Å². The molecule has 9 saturated carbocycles. The fourth-order valence-corrected chi connectivity index (χ4v) is 18.3. The molecule has 10 aliphatic rings. The molecule has 0 aromatic carbocycles. The maximum atomic E-state index is 12.7. The second kappa shape index (κ2) is 44.3. The summed E-state index contributed by atoms with van der Waals surface area (Å²) in [5.74, 6) is -8.31. The van der Waals surface area contributed by atoms with Gasteiger partial charge in [-0.2, -0.15) is 0 Å². The van der Waals surface area contributed by atoms with Crippen molar-refractivity contribution < 1.29 is 146 Å². The van der Waals surface area contributed by atoms with Gasteiger partial charge in [0.1, 0.15) is 83.9 Å². The van der Waals surface area contributed by atoms with Crippen LogP contribution in [0.5, 0.6) is 0 Å². The summed E-state index contributed by atoms with van der Waals surface area (Å²) in [7, 11) is 0. The van der Waals surface area contributed by atoms with E-state index in [9.17, 15) is 93.0 Å². The molecule has 0 heterocycles. The van der Waals surface area contributed by atoms with Crippen LogP contribution in [0.15, 0.2) is 11.1 Å². The predicted molar refractivity (Wildman–Crippen MR) is 418 cm³/mol. The summed E-state index contributed by atoms with van der Waals surface area (Å²) in [6, 6.07) is 0.116. The summed E-state index contributed by atoms with van der Waals surface area (Å²) in [4.78, 5) is 155. The second-order valence-corrected chi connectivity index (χ2v) is 37.1. The lowest BCUT2D eigenvalue weighted by molar-refractivity contribution is -0.168. The third kappa shape index (κ3) is 28.7. The molecule has 14 atom stereocenters. The molecular weight excluding hydrogens is 1530 g/mol. The van der Waals surface area contributed by atoms with E-state index in [1.54, 1.807) is 55.4 Å². The van der Waals surface area contributed by atoms with Crippen molar-refractivity contribution in [1.29, 1.82) is 0 Å². The van der Waals surface area contributed by atoms with E-state index in [1.165, 1.54) is 0 Å². The fourth-order valence-electron chi connectivity index (χ4n) is 18.3. The van der Waals surface area contributed by atoms with Crippen LogP contribution in [-0.2, 0) is 105 Å². The lowest BCUT2D eigenvalue weighted by Crippen LogP contribution is -2.53. The standard InChI is InChI=1S/C27H45NO10.C23H36O7.C19H26O6.C17H28O7/c1-4-27(2,3)26(35)38-16-20(30)15-37-25(34)22-8-6-5-7-21(22)24(33)36-14-19(29)13-28-18-11-9-17(10-12-18)23(31)32;1-4-21(2,3)20(28)30-13-17(24)12-29-19(27)11-23-8-15-5-16(9-23)7-22(6-15,14-23)10-18(25)26;1-4-19(2,3)18(23)25-8-7-24-17(22)15-13-11-6-5-10(9-11)12(13)14(15)16(20)21;1-4-17(2,3)16(22)24-10-13(18)9-23-15(21)12-7-5-6-11(8-12)14(19)20/h17-22,28-30H,4-16H2,1-3H3,(H,31,32);15-17,24H,4-14H2,1-3H3,(H,25,26);10-13H,4-9H2,1-3H3,(H,20,21);11-13,18H,4-10H2,1-3H3,(H,19,20). The molecule has 10 rings (SSSR count). The number of hydrogen-bond acceptors (Lipinski definition) is 27. The van der Waals surface area contributed by atoms with E-state index in [-0.39, 0.29) is 143 Å². The average molecular weight is 1660 g/mol. The third-order valence-electron chi connectivity index (χ3n) is 26.3. The molecule has 0 amide bonds. The lowest BCUT2D eigenvalue weighted by atomic mass is 9.43. The number of carbonyl (C=O) groups is 13. The summed E-state index contributed by atoms with van der Waals surface area (Å²) in [5.41, 5.74) is -2.19. The number of carboxylic acids is 4. The first kappa shape index (κ1) is 98.5. The Bertz CT molecular complexity index is 3430. The van der Waals surface area contributed by atoms with Crippen molar-refractivity contribution >= 4 is 77.6 Å². The highest BCUT2D eigenvalue weighted by atomic mass is 16.6. The van der Waals surface area contributed by atoms with Gasteiger partial charge in [0.2, 0.25) is 0 Å². The highest BCUT2D eigenvalue weighted by Gasteiger charge is 2.61. The van der Waals surface area contributed by atoms with Crippen LogP contribution in [0.1, 0.15) is 256 Å². The fraction of sp³-hybridized carbons (Fsp3) is 0.826. The highest BCUT2D eigenvalue weighted by Crippen LogP contribution is 2.68. The van der Waals surface area contributed by atoms with Crippen LogP contribution >= 0.6 is 0 Å². The Hall–Kier alpha value is -7.35. The van der Waals surface area contributed by atoms with Crippen LogP contribution in [0.2, 0.25) is 0 Å². The normalized spacial score (nSPS) is 27.8. The van der Waals surface area contributed by atoms with Gasteiger partial charge >= 0.3 is 77.6 Å². The van der Waals surface area contributed by atoms with Gasteiger partial charge in [0.25, 0.3) is 0 Å². The molecule has 6 bridgehead atoms. The van der Waals surface area contributed by atoms with Gasteiger partial charge < -0.3 is 88.8 Å². The first-order valence-corrected chi connectivity index (χ1v) is 42.5. The molecule has 0 aromatic rings. The van der Waals surface area contributed by atoms with Crippen molar-refractivity contribution in [3.63, 3.8) is 0 Å². The average Bonchev–Trinajstić information content (AvgIpc) is 1.59. The molecule has 0 spiro atoms. The number of aliphatic hydroxyl groups is 4. The number of aliphatic carboxylic acids is 4. The molecule has 31 nitrogen and oxygen atoms in total. The van der Waals surface area contributed by atoms with Crippen molar-refractivity contribution in [2.24, 2.45) is 97.6 Å². The zero-order chi connectivity index (χ0) is 87.1. The number of ether oxygens (including phenoxy) is 9. The second-order valence-electron chi connectivity index (χ2n) is 37.1. The monoisotopic (exact) mass is 1660 g/mol. The van der Waals surface area contributed by atoms with E-state index < -0.39 is 129 Å². The number of aliphatic hydroxyl groups excluding tert-OH is 4. The number of carbonyl (C=O) groups excluding carboxylic acids is 9. The van der Waals surface area contributed by atoms with E-state index in [2.05, 4.69) is 5.32 Å². The molecule has 14 unspecified atom stereocenters. The van der Waals surface area contributed by atoms with Gasteiger partial charge in [-0.15, -0.1) is 0 Å². The van der Waals surface area contributed by atoms with E-state index in [1.807, 2.05) is 27.7 Å². The topological polar surface area (TPSA) is 479 Å². The van der Waals surface area contributed by atoms with Crippen LogP contribution in [0.4, 0.5) is 0 Å². The Morgan fingerprint density at radius 1 is 0.402 bits per heavy atom. The summed E-state index contributed by atoms with van der Waals surface area (Å²) >= 11 is 0. The molecule has 9 fully saturated rings. The van der Waals surface area contributed by atoms with Crippen molar-refractivity contribution in [1.82, 2.24) is 5.32 Å². The summed E-state index contributed by atoms with van der Waals surface area (Å²) in [6.45, 7) is 20.1. The van der Waals surface area contributed by atoms with Crippen LogP contribution in [-0.4, -0.2) is 215 Å². The molecule has 0 saturated heterocycles. The van der Waals surface area contributed by atoms with Crippen LogP contribution in [0.3, 0.4) is 0 Å². The van der Waals surface area contributed by atoms with Gasteiger partial charge in [-0.1, -0.05) is 47.0 Å². The zero-order valence-corrected chi connectivity index (χ0v) is 71.0. The Morgan fingerprint density at radius 3 is 1.23 bits per heavy atom. The molecule has 0 aromatic heterocycles. The molecule has 0 aliphatic heterocycles. The first-order chi connectivity index (χ1) is 54.8. The Balaban J connectivity index is 0.000000246. The van der Waals surface area contributed by atoms with Gasteiger partial charge in [0.15, 0.2) is 0 Å². The number of carboxylic acid groups (broad SMARTS) is 4. The molecular formula is C86H135NO30. The maximum Gasteiger partial charge on any atom is 0.335 e. The number of fused-ring (bicyclic) bond motifs is 5. The van der Waals surface area contributed by atoms with E-state index in [4.69, 9.17) is 52.8 Å². The summed E-state index contributed by atoms with van der Waals surface area (Å²) in [5, 5.41) is 80.3. The minimum Gasteiger partial charge on any atom is -0.481 e. The zero-order valence-electron chi connectivity index (χ0n) is 71.0. The quantitative estimate of drug-likeness (QED) is 0.0157. The van der Waals surface area contributed by atoms with Crippen LogP contribution in [0.25, 0.3) is 0 Å². The minimum absolute atomic E-state index is 0.0101. The Kier molecular flexibility index (Phi) is 37.3. The third-order valence-corrected chi connectivity index (χ3v) is 26.3. The Labute approximate surface area is 687 Å². The van der Waals surface area contributed by atoms with Gasteiger partial charge in [-0.3, -0.25) is 52.7 Å². The molecule has 117 heavy (non-hydrogen) atoms. The van der Waals surface area contributed by atoms with Crippen molar-refractivity contribution in [2.45, 2.75) is 287 Å². The van der Waals surface area contributed by atoms with Crippen LogP contribution < -0.4 is 5.32 Å². The number of rotatable bonds is 39. The van der Waals surface area contributed by atoms with Crippen molar-refractivity contribution in [3.05, 3.63) is 11.1 Å². The minimum atomic E-state index is -1.17. The Morgan fingerprint density at radius 2 is 0.795 bits per heavy atom. The summed E-state index contributed by atoms with van der Waals surface area (Å²) in [6.07, 6.45) is 14.8. The van der Waals surface area contributed by atoms with Gasteiger partial charge in [0.05, 0.1) is 75.2 Å². The predicted octanol–water partition coefficient (Wildman–Crippen LogP) is 9.46. The molecule has 664 valence electrons. The molecule has 31 heteroatoms. The smallest absolute Gasteiger partial charge is 0.335 e. The van der Waals surface area contributed by atoms with Gasteiger partial charge in [0, 0.05) is 24.4 Å². The highest BCUT2D eigenvalue weighted by molar-refractivity contribution is 6.04. The number of esters is 9. The maximum absolute atomic E-state index is 12.7. The summed E-state index contributed by atoms with van der Waals surface area (Å²) < 4.78 is 46.5. The van der Waals surface area contributed by atoms with E-state index >= 15 is 0 Å². The van der Waals surface area contributed by atoms with Crippen molar-refractivity contribution in [3.8, 4) is 0 Å².